The van der Waals surface area contributed by atoms with Crippen molar-refractivity contribution in [3.05, 3.63) is 30.3 Å². The molecule has 2 amide bonds. The molecule has 0 aliphatic heterocycles. The van der Waals surface area contributed by atoms with E-state index >= 15 is 0 Å². The normalized spacial score (nSPS) is 15.9. The maximum Gasteiger partial charge on any atom is 0.243 e. The molecule has 0 aromatic heterocycles. The third-order valence-electron chi connectivity index (χ3n) is 3.00. The number of anilines is 1. The number of likely N-dealkylation sites (N-methyl/N-ethyl adjacent to an activating group) is 1. The monoisotopic (exact) mass is 247 g/mol. The van der Waals surface area contributed by atoms with Crippen LogP contribution in [0.1, 0.15) is 12.8 Å². The standard InChI is InChI=1S/C13H17N3O2/c1-16(12(18)13(14)7-8-13)9-11(17)15-10-5-3-2-4-6-10/h2-6H,7-9,14H2,1H3,(H,15,17). The summed E-state index contributed by atoms with van der Waals surface area (Å²) in [5.41, 5.74) is 5.80. The lowest BCUT2D eigenvalue weighted by Crippen LogP contribution is -2.46. The summed E-state index contributed by atoms with van der Waals surface area (Å²) in [6, 6.07) is 9.14. The molecule has 2 rings (SSSR count). The van der Waals surface area contributed by atoms with Gasteiger partial charge >= 0.3 is 0 Å². The van der Waals surface area contributed by atoms with E-state index in [0.717, 1.165) is 5.69 Å². The summed E-state index contributed by atoms with van der Waals surface area (Å²) >= 11 is 0. The van der Waals surface area contributed by atoms with E-state index in [0.29, 0.717) is 12.8 Å². The summed E-state index contributed by atoms with van der Waals surface area (Å²) in [5, 5.41) is 2.73. The number of rotatable bonds is 4. The van der Waals surface area contributed by atoms with Crippen LogP contribution in [0.15, 0.2) is 30.3 Å². The Hall–Kier alpha value is -1.88. The molecule has 0 saturated heterocycles. The predicted octanol–water partition coefficient (Wildman–Crippen LogP) is 0.575. The highest BCUT2D eigenvalue weighted by molar-refractivity contribution is 5.96. The summed E-state index contributed by atoms with van der Waals surface area (Å²) in [4.78, 5) is 24.9. The molecule has 3 N–H and O–H groups in total. The van der Waals surface area contributed by atoms with Crippen molar-refractivity contribution < 1.29 is 9.59 Å². The first kappa shape index (κ1) is 12.6. The van der Waals surface area contributed by atoms with E-state index in [1.807, 2.05) is 18.2 Å². The first-order chi connectivity index (χ1) is 8.51. The fourth-order valence-electron chi connectivity index (χ4n) is 1.74. The lowest BCUT2D eigenvalue weighted by atomic mass is 10.2. The second-order valence-electron chi connectivity index (χ2n) is 4.73. The van der Waals surface area contributed by atoms with Gasteiger partial charge < -0.3 is 16.0 Å². The van der Waals surface area contributed by atoms with Gasteiger partial charge in [0, 0.05) is 12.7 Å². The largest absolute Gasteiger partial charge is 0.335 e. The van der Waals surface area contributed by atoms with Crippen molar-refractivity contribution in [2.24, 2.45) is 5.73 Å². The van der Waals surface area contributed by atoms with Gasteiger partial charge in [0.25, 0.3) is 0 Å². The van der Waals surface area contributed by atoms with Gasteiger partial charge in [-0.25, -0.2) is 0 Å². The Morgan fingerprint density at radius 2 is 1.94 bits per heavy atom. The highest BCUT2D eigenvalue weighted by Gasteiger charge is 2.47. The Balaban J connectivity index is 1.86. The van der Waals surface area contributed by atoms with Crippen molar-refractivity contribution in [2.75, 3.05) is 18.9 Å². The number of carbonyl (C=O) groups is 2. The number of hydrogen-bond acceptors (Lipinski definition) is 3. The molecule has 0 radical (unpaired) electrons. The highest BCUT2D eigenvalue weighted by Crippen LogP contribution is 2.33. The molecule has 1 aromatic rings. The maximum absolute atomic E-state index is 11.8. The van der Waals surface area contributed by atoms with Crippen molar-refractivity contribution in [3.8, 4) is 0 Å². The van der Waals surface area contributed by atoms with Crippen LogP contribution in [0.2, 0.25) is 0 Å². The van der Waals surface area contributed by atoms with Gasteiger partial charge in [0.1, 0.15) is 0 Å². The number of amides is 2. The SMILES string of the molecule is CN(CC(=O)Nc1ccccc1)C(=O)C1(N)CC1. The molecule has 18 heavy (non-hydrogen) atoms. The molecule has 5 nitrogen and oxygen atoms in total. The molecule has 0 unspecified atom stereocenters. The molecule has 0 heterocycles. The van der Waals surface area contributed by atoms with Gasteiger partial charge in [0.2, 0.25) is 11.8 Å². The van der Waals surface area contributed by atoms with Crippen LogP contribution < -0.4 is 11.1 Å². The predicted molar refractivity (Wildman–Crippen MR) is 68.9 cm³/mol. The van der Waals surface area contributed by atoms with Gasteiger partial charge in [-0.2, -0.15) is 0 Å². The molecule has 5 heteroatoms. The third kappa shape index (κ3) is 2.87. The van der Waals surface area contributed by atoms with Crippen LogP contribution in [-0.4, -0.2) is 35.8 Å². The Labute approximate surface area is 106 Å². The minimum absolute atomic E-state index is 0.0205. The molecule has 1 aromatic carbocycles. The molecule has 1 saturated carbocycles. The smallest absolute Gasteiger partial charge is 0.243 e. The fourth-order valence-corrected chi connectivity index (χ4v) is 1.74. The van der Waals surface area contributed by atoms with Gasteiger partial charge in [-0.1, -0.05) is 18.2 Å². The number of para-hydroxylation sites is 1. The molecule has 96 valence electrons. The molecule has 0 atom stereocenters. The van der Waals surface area contributed by atoms with Crippen molar-refractivity contribution in [3.63, 3.8) is 0 Å². The van der Waals surface area contributed by atoms with E-state index in [9.17, 15) is 9.59 Å². The first-order valence-corrected chi connectivity index (χ1v) is 5.91. The number of nitrogens with two attached hydrogens (primary N) is 1. The average Bonchev–Trinajstić information content (AvgIpc) is 3.08. The topological polar surface area (TPSA) is 75.4 Å². The fraction of sp³-hybridized carbons (Fsp3) is 0.385. The highest BCUT2D eigenvalue weighted by atomic mass is 16.2. The van der Waals surface area contributed by atoms with Gasteiger partial charge in [-0.05, 0) is 25.0 Å². The lowest BCUT2D eigenvalue weighted by Gasteiger charge is -2.20. The van der Waals surface area contributed by atoms with Crippen molar-refractivity contribution in [1.29, 1.82) is 0 Å². The number of nitrogens with one attached hydrogen (secondary N) is 1. The van der Waals surface area contributed by atoms with Crippen LogP contribution in [0.25, 0.3) is 0 Å². The molecular formula is C13H17N3O2. The Morgan fingerprint density at radius 3 is 2.50 bits per heavy atom. The van der Waals surface area contributed by atoms with Gasteiger partial charge in [0.05, 0.1) is 12.1 Å². The van der Waals surface area contributed by atoms with E-state index in [2.05, 4.69) is 5.32 Å². The molecular weight excluding hydrogens is 230 g/mol. The molecule has 1 aliphatic carbocycles. The summed E-state index contributed by atoms with van der Waals surface area (Å²) in [5.74, 6) is -0.382. The first-order valence-electron chi connectivity index (χ1n) is 5.91. The molecule has 0 bridgehead atoms. The van der Waals surface area contributed by atoms with Crippen LogP contribution in [0.4, 0.5) is 5.69 Å². The zero-order valence-corrected chi connectivity index (χ0v) is 10.3. The molecule has 1 fully saturated rings. The summed E-state index contributed by atoms with van der Waals surface area (Å²) < 4.78 is 0. The van der Waals surface area contributed by atoms with Crippen LogP contribution >= 0.6 is 0 Å². The van der Waals surface area contributed by atoms with E-state index in [1.165, 1.54) is 4.90 Å². The number of hydrogen-bond donors (Lipinski definition) is 2. The molecule has 0 spiro atoms. The third-order valence-corrected chi connectivity index (χ3v) is 3.00. The van der Waals surface area contributed by atoms with Gasteiger partial charge in [0.15, 0.2) is 0 Å². The summed E-state index contributed by atoms with van der Waals surface area (Å²) in [6.07, 6.45) is 1.41. The van der Waals surface area contributed by atoms with Crippen LogP contribution in [-0.2, 0) is 9.59 Å². The number of nitrogens with zero attached hydrogens (tertiary/aromatic N) is 1. The van der Waals surface area contributed by atoms with E-state index in [4.69, 9.17) is 5.73 Å². The number of carbonyl (C=O) groups excluding carboxylic acids is 2. The quantitative estimate of drug-likeness (QED) is 0.817. The number of benzene rings is 1. The Kier molecular flexibility index (Phi) is 3.34. The second kappa shape index (κ2) is 4.78. The van der Waals surface area contributed by atoms with Gasteiger partial charge in [-0.3, -0.25) is 9.59 Å². The van der Waals surface area contributed by atoms with Crippen molar-refractivity contribution >= 4 is 17.5 Å². The van der Waals surface area contributed by atoms with Crippen molar-refractivity contribution in [2.45, 2.75) is 18.4 Å². The zero-order chi connectivity index (χ0) is 13.2. The maximum atomic E-state index is 11.8. The summed E-state index contributed by atoms with van der Waals surface area (Å²) in [6.45, 7) is 0.0205. The Bertz CT molecular complexity index is 455. The van der Waals surface area contributed by atoms with E-state index < -0.39 is 5.54 Å². The van der Waals surface area contributed by atoms with Crippen LogP contribution in [0, 0.1) is 0 Å². The van der Waals surface area contributed by atoms with E-state index in [-0.39, 0.29) is 18.4 Å². The van der Waals surface area contributed by atoms with E-state index in [1.54, 1.807) is 19.2 Å². The average molecular weight is 247 g/mol. The summed E-state index contributed by atoms with van der Waals surface area (Å²) in [7, 11) is 1.60. The lowest BCUT2D eigenvalue weighted by molar-refractivity contribution is -0.135. The minimum Gasteiger partial charge on any atom is -0.335 e. The second-order valence-corrected chi connectivity index (χ2v) is 4.73. The van der Waals surface area contributed by atoms with Crippen LogP contribution in [0.3, 0.4) is 0 Å². The molecule has 1 aliphatic rings. The van der Waals surface area contributed by atoms with Crippen LogP contribution in [0.5, 0.6) is 0 Å². The zero-order valence-electron chi connectivity index (χ0n) is 10.3. The Morgan fingerprint density at radius 1 is 1.33 bits per heavy atom. The van der Waals surface area contributed by atoms with Gasteiger partial charge in [-0.15, -0.1) is 0 Å². The minimum atomic E-state index is -0.720. The van der Waals surface area contributed by atoms with Crippen molar-refractivity contribution in [1.82, 2.24) is 4.90 Å².